The summed E-state index contributed by atoms with van der Waals surface area (Å²) in [5, 5.41) is 2.09. The number of ether oxygens (including phenoxy) is 2. The molecule has 3 rings (SSSR count). The molecule has 0 aliphatic heterocycles. The van der Waals surface area contributed by atoms with Crippen LogP contribution in [0.3, 0.4) is 0 Å². The maximum Gasteiger partial charge on any atom is 0.349 e. The number of fused-ring (bicyclic) bond motifs is 1. The molecule has 3 aromatic rings. The van der Waals surface area contributed by atoms with Gasteiger partial charge in [0.05, 0.1) is 0 Å². The Kier molecular flexibility index (Phi) is 4.86. The lowest BCUT2D eigenvalue weighted by molar-refractivity contribution is -0.136. The molecule has 0 aromatic heterocycles. The van der Waals surface area contributed by atoms with E-state index in [1.807, 2.05) is 62.4 Å². The standard InChI is InChI=1S/C20H17BrO3/c1-13-4-3-5-14(2)20(13)23-12-19(22)24-18-9-7-15-10-17(21)8-6-16(15)11-18/h3-11H,12H2,1-2H3. The maximum absolute atomic E-state index is 12.0. The van der Waals surface area contributed by atoms with Crippen LogP contribution in [0, 0.1) is 13.8 Å². The molecule has 0 bridgehead atoms. The van der Waals surface area contributed by atoms with Gasteiger partial charge < -0.3 is 9.47 Å². The highest BCUT2D eigenvalue weighted by molar-refractivity contribution is 9.10. The van der Waals surface area contributed by atoms with Gasteiger partial charge in [-0.05, 0) is 60.0 Å². The van der Waals surface area contributed by atoms with Crippen LogP contribution in [0.15, 0.2) is 59.1 Å². The summed E-state index contributed by atoms with van der Waals surface area (Å²) in [6, 6.07) is 17.4. The molecule has 24 heavy (non-hydrogen) atoms. The van der Waals surface area contributed by atoms with Crippen LogP contribution in [-0.2, 0) is 4.79 Å². The fraction of sp³-hybridized carbons (Fsp3) is 0.150. The number of benzene rings is 3. The normalized spacial score (nSPS) is 10.6. The van der Waals surface area contributed by atoms with Crippen molar-refractivity contribution in [1.29, 1.82) is 0 Å². The van der Waals surface area contributed by atoms with Gasteiger partial charge in [0, 0.05) is 4.47 Å². The van der Waals surface area contributed by atoms with Crippen LogP contribution in [0.5, 0.6) is 11.5 Å². The summed E-state index contributed by atoms with van der Waals surface area (Å²) < 4.78 is 12.0. The van der Waals surface area contributed by atoms with Gasteiger partial charge in [0.15, 0.2) is 6.61 Å². The Balaban J connectivity index is 1.67. The number of para-hydroxylation sites is 1. The Bertz CT molecular complexity index is 882. The molecule has 0 aliphatic rings. The van der Waals surface area contributed by atoms with Crippen LogP contribution >= 0.6 is 15.9 Å². The Morgan fingerprint density at radius 2 is 1.62 bits per heavy atom. The Morgan fingerprint density at radius 3 is 2.38 bits per heavy atom. The number of carbonyl (C=O) groups excluding carboxylic acids is 1. The minimum Gasteiger partial charge on any atom is -0.481 e. The van der Waals surface area contributed by atoms with Crippen molar-refractivity contribution in [3.8, 4) is 11.5 Å². The highest BCUT2D eigenvalue weighted by Crippen LogP contribution is 2.25. The number of hydrogen-bond acceptors (Lipinski definition) is 3. The largest absolute Gasteiger partial charge is 0.481 e. The molecule has 0 unspecified atom stereocenters. The number of hydrogen-bond donors (Lipinski definition) is 0. The fourth-order valence-electron chi connectivity index (χ4n) is 2.58. The molecule has 0 fully saturated rings. The van der Waals surface area contributed by atoms with Crippen LogP contribution in [-0.4, -0.2) is 12.6 Å². The summed E-state index contributed by atoms with van der Waals surface area (Å²) >= 11 is 3.44. The lowest BCUT2D eigenvalue weighted by Gasteiger charge is -2.11. The number of esters is 1. The Hall–Kier alpha value is -2.33. The molecule has 0 heterocycles. The molecule has 0 N–H and O–H groups in total. The Morgan fingerprint density at radius 1 is 0.958 bits per heavy atom. The first-order valence-electron chi connectivity index (χ1n) is 7.62. The number of carbonyl (C=O) groups is 1. The molecule has 0 saturated heterocycles. The van der Waals surface area contributed by atoms with E-state index in [9.17, 15) is 4.79 Å². The summed E-state index contributed by atoms with van der Waals surface area (Å²) in [5.41, 5.74) is 2.00. The van der Waals surface area contributed by atoms with Crippen molar-refractivity contribution in [3.05, 3.63) is 70.2 Å². The van der Waals surface area contributed by atoms with Gasteiger partial charge in [0.1, 0.15) is 11.5 Å². The lowest BCUT2D eigenvalue weighted by atomic mass is 10.1. The maximum atomic E-state index is 12.0. The van der Waals surface area contributed by atoms with E-state index < -0.39 is 5.97 Å². The van der Waals surface area contributed by atoms with Crippen molar-refractivity contribution in [1.82, 2.24) is 0 Å². The highest BCUT2D eigenvalue weighted by atomic mass is 79.9. The van der Waals surface area contributed by atoms with Crippen molar-refractivity contribution < 1.29 is 14.3 Å². The van der Waals surface area contributed by atoms with Crippen LogP contribution in [0.25, 0.3) is 10.8 Å². The van der Waals surface area contributed by atoms with E-state index in [2.05, 4.69) is 15.9 Å². The van der Waals surface area contributed by atoms with Crippen LogP contribution in [0.2, 0.25) is 0 Å². The number of aryl methyl sites for hydroxylation is 2. The summed E-state index contributed by atoms with van der Waals surface area (Å²) in [6.07, 6.45) is 0. The molecule has 4 heteroatoms. The van der Waals surface area contributed by atoms with Crippen LogP contribution in [0.1, 0.15) is 11.1 Å². The van der Waals surface area contributed by atoms with Gasteiger partial charge in [-0.15, -0.1) is 0 Å². The molecule has 0 atom stereocenters. The average molecular weight is 385 g/mol. The topological polar surface area (TPSA) is 35.5 Å². The molecule has 0 amide bonds. The van der Waals surface area contributed by atoms with Crippen LogP contribution < -0.4 is 9.47 Å². The van der Waals surface area contributed by atoms with Crippen molar-refractivity contribution in [2.24, 2.45) is 0 Å². The molecular formula is C20H17BrO3. The molecule has 0 saturated carbocycles. The van der Waals surface area contributed by atoms with Crippen molar-refractivity contribution in [2.75, 3.05) is 6.61 Å². The van der Waals surface area contributed by atoms with Crippen molar-refractivity contribution >= 4 is 32.7 Å². The second-order valence-corrected chi connectivity index (χ2v) is 6.55. The van der Waals surface area contributed by atoms with Gasteiger partial charge >= 0.3 is 5.97 Å². The predicted octanol–water partition coefficient (Wildman–Crippen LogP) is 5.20. The molecular weight excluding hydrogens is 368 g/mol. The van der Waals surface area contributed by atoms with Crippen molar-refractivity contribution in [2.45, 2.75) is 13.8 Å². The Labute approximate surface area is 149 Å². The first-order chi connectivity index (χ1) is 11.5. The third-order valence-electron chi connectivity index (χ3n) is 3.75. The molecule has 0 radical (unpaired) electrons. The first-order valence-corrected chi connectivity index (χ1v) is 8.41. The van der Waals surface area contributed by atoms with Gasteiger partial charge in [0.2, 0.25) is 0 Å². The summed E-state index contributed by atoms with van der Waals surface area (Å²) in [7, 11) is 0. The fourth-order valence-corrected chi connectivity index (χ4v) is 2.96. The molecule has 3 nitrogen and oxygen atoms in total. The van der Waals surface area contributed by atoms with E-state index in [0.717, 1.165) is 32.1 Å². The highest BCUT2D eigenvalue weighted by Gasteiger charge is 2.10. The summed E-state index contributed by atoms with van der Waals surface area (Å²) in [6.45, 7) is 3.79. The molecule has 122 valence electrons. The molecule has 0 spiro atoms. The average Bonchev–Trinajstić information content (AvgIpc) is 2.54. The van der Waals surface area contributed by atoms with Crippen LogP contribution in [0.4, 0.5) is 0 Å². The van der Waals surface area contributed by atoms with Crippen molar-refractivity contribution in [3.63, 3.8) is 0 Å². The summed E-state index contributed by atoms with van der Waals surface area (Å²) in [4.78, 5) is 12.0. The van der Waals surface area contributed by atoms with Gasteiger partial charge in [-0.2, -0.15) is 0 Å². The number of halogens is 1. The number of rotatable bonds is 4. The quantitative estimate of drug-likeness (QED) is 0.457. The van der Waals surface area contributed by atoms with E-state index in [-0.39, 0.29) is 6.61 Å². The molecule has 3 aromatic carbocycles. The minimum atomic E-state index is -0.422. The third kappa shape index (κ3) is 3.77. The predicted molar refractivity (Wildman–Crippen MR) is 98.7 cm³/mol. The van der Waals surface area contributed by atoms with E-state index in [1.165, 1.54) is 0 Å². The van der Waals surface area contributed by atoms with Gasteiger partial charge in [-0.1, -0.05) is 46.3 Å². The van der Waals surface area contributed by atoms with Gasteiger partial charge in [0.25, 0.3) is 0 Å². The zero-order valence-electron chi connectivity index (χ0n) is 13.5. The zero-order chi connectivity index (χ0) is 17.1. The van der Waals surface area contributed by atoms with Gasteiger partial charge in [-0.3, -0.25) is 0 Å². The second kappa shape index (κ2) is 7.05. The SMILES string of the molecule is Cc1cccc(C)c1OCC(=O)Oc1ccc2cc(Br)ccc2c1. The van der Waals surface area contributed by atoms with Gasteiger partial charge in [-0.25, -0.2) is 4.79 Å². The van der Waals surface area contributed by atoms with E-state index >= 15 is 0 Å². The summed E-state index contributed by atoms with van der Waals surface area (Å²) in [5.74, 6) is 0.826. The zero-order valence-corrected chi connectivity index (χ0v) is 15.1. The smallest absolute Gasteiger partial charge is 0.349 e. The first kappa shape index (κ1) is 16.5. The lowest BCUT2D eigenvalue weighted by Crippen LogP contribution is -2.18. The monoisotopic (exact) mass is 384 g/mol. The molecule has 0 aliphatic carbocycles. The second-order valence-electron chi connectivity index (χ2n) is 5.64. The van der Waals surface area contributed by atoms with E-state index in [4.69, 9.17) is 9.47 Å². The van der Waals surface area contributed by atoms with E-state index in [0.29, 0.717) is 5.75 Å². The van der Waals surface area contributed by atoms with E-state index in [1.54, 1.807) is 6.07 Å². The minimum absolute atomic E-state index is 0.121. The third-order valence-corrected chi connectivity index (χ3v) is 4.24.